The number of nitrogens with zero attached hydrogens (tertiary/aromatic N) is 1. The molecule has 0 aliphatic rings. The van der Waals surface area contributed by atoms with E-state index in [1.54, 1.807) is 0 Å². The zero-order chi connectivity index (χ0) is 12.0. The van der Waals surface area contributed by atoms with Crippen molar-refractivity contribution in [2.24, 2.45) is 0 Å². The van der Waals surface area contributed by atoms with Crippen molar-refractivity contribution < 1.29 is 9.21 Å². The maximum Gasteiger partial charge on any atom is 0.335 e. The Morgan fingerprint density at radius 3 is 2.75 bits per heavy atom. The Hall–Kier alpha value is -1.62. The van der Waals surface area contributed by atoms with E-state index >= 15 is 0 Å². The molecule has 88 valence electrons. The predicted molar refractivity (Wildman–Crippen MR) is 60.5 cm³/mol. The second-order valence-corrected chi connectivity index (χ2v) is 3.76. The van der Waals surface area contributed by atoms with Gasteiger partial charge in [0.25, 0.3) is 5.91 Å². The second-order valence-electron chi connectivity index (χ2n) is 3.76. The van der Waals surface area contributed by atoms with Crippen LogP contribution >= 0.6 is 0 Å². The fourth-order valence-electron chi connectivity index (χ4n) is 1.19. The summed E-state index contributed by atoms with van der Waals surface area (Å²) >= 11 is 0. The van der Waals surface area contributed by atoms with Gasteiger partial charge in [-0.05, 0) is 33.1 Å². The molecule has 0 saturated carbocycles. The number of carbonyl (C=O) groups excluding carboxylic acids is 1. The molecule has 16 heavy (non-hydrogen) atoms. The standard InChI is InChI=1S/C11H16N2O3/c1-13(2)7-3-6-12-11(15)9-4-5-10(14)16-8-9/h4-5,8H,3,6-7H2,1-2H3,(H,12,15). The number of carbonyl (C=O) groups is 1. The van der Waals surface area contributed by atoms with E-state index in [9.17, 15) is 9.59 Å². The molecule has 0 atom stereocenters. The van der Waals surface area contributed by atoms with Crippen LogP contribution in [-0.4, -0.2) is 38.0 Å². The van der Waals surface area contributed by atoms with Crippen LogP contribution in [0.15, 0.2) is 27.6 Å². The summed E-state index contributed by atoms with van der Waals surface area (Å²) in [6, 6.07) is 2.68. The Labute approximate surface area is 94.1 Å². The van der Waals surface area contributed by atoms with Crippen molar-refractivity contribution in [1.82, 2.24) is 10.2 Å². The smallest absolute Gasteiger partial charge is 0.335 e. The second kappa shape index (κ2) is 6.07. The zero-order valence-corrected chi connectivity index (χ0v) is 9.53. The molecule has 0 bridgehead atoms. The van der Waals surface area contributed by atoms with Crippen LogP contribution in [0.25, 0.3) is 0 Å². The zero-order valence-electron chi connectivity index (χ0n) is 9.53. The van der Waals surface area contributed by atoms with Crippen molar-refractivity contribution in [3.63, 3.8) is 0 Å². The molecule has 5 nitrogen and oxygen atoms in total. The predicted octanol–water partition coefficient (Wildman–Crippen LogP) is 0.321. The molecule has 1 amide bonds. The average Bonchev–Trinajstić information content (AvgIpc) is 2.25. The monoisotopic (exact) mass is 224 g/mol. The summed E-state index contributed by atoms with van der Waals surface area (Å²) < 4.78 is 4.60. The van der Waals surface area contributed by atoms with E-state index in [1.165, 1.54) is 18.4 Å². The summed E-state index contributed by atoms with van der Waals surface area (Å²) in [5.41, 5.74) is -0.0892. The van der Waals surface area contributed by atoms with Crippen molar-refractivity contribution in [3.05, 3.63) is 34.4 Å². The van der Waals surface area contributed by atoms with Crippen molar-refractivity contribution in [3.8, 4) is 0 Å². The molecule has 1 N–H and O–H groups in total. The quantitative estimate of drug-likeness (QED) is 0.732. The SMILES string of the molecule is CN(C)CCCNC(=O)c1ccc(=O)oc1. The van der Waals surface area contributed by atoms with Gasteiger partial charge in [0, 0.05) is 12.6 Å². The molecule has 5 heteroatoms. The van der Waals surface area contributed by atoms with Gasteiger partial charge in [-0.15, -0.1) is 0 Å². The molecule has 0 spiro atoms. The third kappa shape index (κ3) is 4.27. The number of hydrogen-bond acceptors (Lipinski definition) is 4. The first-order valence-corrected chi connectivity index (χ1v) is 5.11. The van der Waals surface area contributed by atoms with Gasteiger partial charge in [0.15, 0.2) is 0 Å². The lowest BCUT2D eigenvalue weighted by Gasteiger charge is -2.09. The maximum atomic E-state index is 11.5. The molecule has 0 aliphatic heterocycles. The van der Waals surface area contributed by atoms with E-state index in [2.05, 4.69) is 9.73 Å². The molecule has 0 aliphatic carbocycles. The highest BCUT2D eigenvalue weighted by molar-refractivity contribution is 5.93. The molecule has 1 rings (SSSR count). The molecule has 1 heterocycles. The lowest BCUT2D eigenvalue weighted by Crippen LogP contribution is -2.27. The van der Waals surface area contributed by atoms with E-state index in [4.69, 9.17) is 0 Å². The first kappa shape index (κ1) is 12.4. The highest BCUT2D eigenvalue weighted by Gasteiger charge is 2.04. The summed E-state index contributed by atoms with van der Waals surface area (Å²) in [4.78, 5) is 24.2. The van der Waals surface area contributed by atoms with E-state index in [1.807, 2.05) is 19.0 Å². The largest absolute Gasteiger partial charge is 0.430 e. The summed E-state index contributed by atoms with van der Waals surface area (Å²) in [5.74, 6) is -0.220. The summed E-state index contributed by atoms with van der Waals surface area (Å²) in [5, 5.41) is 2.75. The number of hydrogen-bond donors (Lipinski definition) is 1. The van der Waals surface area contributed by atoms with E-state index in [-0.39, 0.29) is 5.91 Å². The minimum absolute atomic E-state index is 0.220. The molecule has 0 radical (unpaired) electrons. The van der Waals surface area contributed by atoms with Crippen LogP contribution in [0.2, 0.25) is 0 Å². The van der Waals surface area contributed by atoms with Gasteiger partial charge in [0.05, 0.1) is 5.56 Å². The highest BCUT2D eigenvalue weighted by Crippen LogP contribution is 1.94. The van der Waals surface area contributed by atoms with Gasteiger partial charge in [0.1, 0.15) is 6.26 Å². The van der Waals surface area contributed by atoms with Gasteiger partial charge in [0.2, 0.25) is 0 Å². The van der Waals surface area contributed by atoms with Gasteiger partial charge in [-0.2, -0.15) is 0 Å². The lowest BCUT2D eigenvalue weighted by molar-refractivity contribution is 0.0950. The molecule has 0 unspecified atom stereocenters. The Balaban J connectivity index is 2.35. The van der Waals surface area contributed by atoms with Gasteiger partial charge < -0.3 is 14.6 Å². The molecule has 0 fully saturated rings. The maximum absolute atomic E-state index is 11.5. The molecular weight excluding hydrogens is 208 g/mol. The minimum atomic E-state index is -0.454. The van der Waals surface area contributed by atoms with Crippen molar-refractivity contribution in [1.29, 1.82) is 0 Å². The van der Waals surface area contributed by atoms with E-state index < -0.39 is 5.63 Å². The van der Waals surface area contributed by atoms with Crippen LogP contribution < -0.4 is 10.9 Å². The van der Waals surface area contributed by atoms with Crippen LogP contribution in [0.5, 0.6) is 0 Å². The van der Waals surface area contributed by atoms with Crippen LogP contribution in [0.3, 0.4) is 0 Å². The third-order valence-corrected chi connectivity index (χ3v) is 2.03. The van der Waals surface area contributed by atoms with Crippen molar-refractivity contribution >= 4 is 5.91 Å². The van der Waals surface area contributed by atoms with Gasteiger partial charge in [-0.25, -0.2) is 4.79 Å². The lowest BCUT2D eigenvalue weighted by atomic mass is 10.3. The van der Waals surface area contributed by atoms with E-state index in [0.29, 0.717) is 12.1 Å². The Morgan fingerprint density at radius 2 is 2.19 bits per heavy atom. The number of amides is 1. The Morgan fingerprint density at radius 1 is 1.44 bits per heavy atom. The molecule has 0 saturated heterocycles. The third-order valence-electron chi connectivity index (χ3n) is 2.03. The van der Waals surface area contributed by atoms with Crippen LogP contribution in [0.1, 0.15) is 16.8 Å². The van der Waals surface area contributed by atoms with Crippen molar-refractivity contribution in [2.75, 3.05) is 27.2 Å². The van der Waals surface area contributed by atoms with E-state index in [0.717, 1.165) is 13.0 Å². The minimum Gasteiger partial charge on any atom is -0.430 e. The molecule has 0 aromatic carbocycles. The summed E-state index contributed by atoms with van der Waals surface area (Å²) in [6.07, 6.45) is 2.05. The van der Waals surface area contributed by atoms with Crippen molar-refractivity contribution in [2.45, 2.75) is 6.42 Å². The van der Waals surface area contributed by atoms with Crippen LogP contribution in [0, 0.1) is 0 Å². The fraction of sp³-hybridized carbons (Fsp3) is 0.455. The molecule has 1 aromatic rings. The Bertz CT molecular complexity index is 378. The Kier molecular flexibility index (Phi) is 4.72. The summed E-state index contributed by atoms with van der Waals surface area (Å²) in [7, 11) is 3.96. The summed E-state index contributed by atoms with van der Waals surface area (Å²) in [6.45, 7) is 1.53. The van der Waals surface area contributed by atoms with Gasteiger partial charge in [-0.1, -0.05) is 0 Å². The fourth-order valence-corrected chi connectivity index (χ4v) is 1.19. The topological polar surface area (TPSA) is 62.6 Å². The average molecular weight is 224 g/mol. The highest BCUT2D eigenvalue weighted by atomic mass is 16.4. The van der Waals surface area contributed by atoms with Gasteiger partial charge in [-0.3, -0.25) is 4.79 Å². The van der Waals surface area contributed by atoms with Crippen LogP contribution in [0.4, 0.5) is 0 Å². The normalized spacial score (nSPS) is 10.4. The first-order valence-electron chi connectivity index (χ1n) is 5.11. The van der Waals surface area contributed by atoms with Gasteiger partial charge >= 0.3 is 5.63 Å². The number of nitrogens with one attached hydrogen (secondary N) is 1. The number of rotatable bonds is 5. The van der Waals surface area contributed by atoms with Crippen LogP contribution in [-0.2, 0) is 0 Å². The molecule has 1 aromatic heterocycles. The first-order chi connectivity index (χ1) is 7.59. The molecular formula is C11H16N2O3.